The average molecular weight is 599 g/mol. The van der Waals surface area contributed by atoms with Gasteiger partial charge in [0, 0.05) is 23.4 Å². The summed E-state index contributed by atoms with van der Waals surface area (Å²) in [5.74, 6) is -0.0703. The van der Waals surface area contributed by atoms with E-state index >= 15 is 0 Å². The van der Waals surface area contributed by atoms with Crippen molar-refractivity contribution >= 4 is 23.5 Å². The van der Waals surface area contributed by atoms with Gasteiger partial charge in [-0.05, 0) is 107 Å². The number of rotatable bonds is 9. The van der Waals surface area contributed by atoms with Crippen molar-refractivity contribution in [3.63, 3.8) is 0 Å². The molecule has 3 N–H and O–H groups in total. The van der Waals surface area contributed by atoms with Crippen LogP contribution in [0.5, 0.6) is 11.5 Å². The number of carbonyl (C=O) groups excluding carboxylic acids is 3. The summed E-state index contributed by atoms with van der Waals surface area (Å²) in [4.78, 5) is 38.8. The number of carbonyl (C=O) groups is 3. The molecule has 226 valence electrons. The smallest absolute Gasteiger partial charge is 0.343 e. The van der Waals surface area contributed by atoms with Crippen LogP contribution < -0.4 is 15.4 Å². The van der Waals surface area contributed by atoms with Crippen LogP contribution in [0.2, 0.25) is 0 Å². The molecule has 0 aliphatic carbocycles. The molecule has 0 atom stereocenters. The first-order chi connectivity index (χ1) is 21.7. The van der Waals surface area contributed by atoms with Crippen molar-refractivity contribution < 1.29 is 24.2 Å². The lowest BCUT2D eigenvalue weighted by Gasteiger charge is -2.12. The fourth-order valence-corrected chi connectivity index (χ4v) is 4.87. The molecule has 5 aromatic carbocycles. The lowest BCUT2D eigenvalue weighted by atomic mass is 10.0. The zero-order valence-electron chi connectivity index (χ0n) is 25.3. The molecule has 0 bridgehead atoms. The van der Waals surface area contributed by atoms with Crippen molar-refractivity contribution in [1.29, 1.82) is 0 Å². The fourth-order valence-electron chi connectivity index (χ4n) is 4.87. The lowest BCUT2D eigenvalue weighted by Crippen LogP contribution is -2.23. The number of anilines is 1. The molecular formula is C38H34N2O5. The molecule has 5 aromatic rings. The zero-order chi connectivity index (χ0) is 31.9. The van der Waals surface area contributed by atoms with E-state index in [1.54, 1.807) is 85.8 Å². The van der Waals surface area contributed by atoms with Crippen molar-refractivity contribution in [2.75, 3.05) is 5.32 Å². The average Bonchev–Trinajstić information content (AvgIpc) is 3.04. The number of esters is 1. The first-order valence-electron chi connectivity index (χ1n) is 14.7. The number of hydrogen-bond acceptors (Lipinski definition) is 5. The van der Waals surface area contributed by atoms with Gasteiger partial charge in [0.05, 0.1) is 5.56 Å². The molecule has 0 fully saturated rings. The Bertz CT molecular complexity index is 1860. The van der Waals surface area contributed by atoms with E-state index in [1.165, 1.54) is 0 Å². The highest BCUT2D eigenvalue weighted by atomic mass is 16.5. The molecule has 0 radical (unpaired) electrons. The number of aryl methyl sites for hydroxylation is 1. The summed E-state index contributed by atoms with van der Waals surface area (Å²) < 4.78 is 5.60. The predicted octanol–water partition coefficient (Wildman–Crippen LogP) is 7.89. The molecule has 0 saturated carbocycles. The van der Waals surface area contributed by atoms with Crippen LogP contribution in [0, 0.1) is 6.92 Å². The number of benzene rings is 5. The minimum atomic E-state index is -0.484. The maximum atomic E-state index is 13.1. The number of phenols is 1. The van der Waals surface area contributed by atoms with Crippen molar-refractivity contribution in [3.05, 3.63) is 149 Å². The fraction of sp³-hybridized carbons (Fsp3) is 0.132. The lowest BCUT2D eigenvalue weighted by molar-refractivity contribution is 0.0733. The first-order valence-corrected chi connectivity index (χ1v) is 14.7. The Morgan fingerprint density at radius 1 is 0.733 bits per heavy atom. The number of amides is 2. The third kappa shape index (κ3) is 7.83. The van der Waals surface area contributed by atoms with Crippen molar-refractivity contribution in [3.8, 4) is 22.6 Å². The van der Waals surface area contributed by atoms with Gasteiger partial charge < -0.3 is 20.5 Å². The van der Waals surface area contributed by atoms with Gasteiger partial charge in [-0.1, -0.05) is 62.4 Å². The van der Waals surface area contributed by atoms with E-state index in [9.17, 15) is 19.5 Å². The van der Waals surface area contributed by atoms with E-state index in [1.807, 2.05) is 36.4 Å². The van der Waals surface area contributed by atoms with Crippen molar-refractivity contribution in [2.45, 2.75) is 33.2 Å². The highest BCUT2D eigenvalue weighted by Gasteiger charge is 2.16. The van der Waals surface area contributed by atoms with Crippen LogP contribution in [0.4, 0.5) is 5.69 Å². The van der Waals surface area contributed by atoms with Crippen LogP contribution in [0.25, 0.3) is 11.1 Å². The van der Waals surface area contributed by atoms with Crippen LogP contribution in [0.3, 0.4) is 0 Å². The highest BCUT2D eigenvalue weighted by molar-refractivity contribution is 6.05. The Hall–Kier alpha value is -5.69. The maximum Gasteiger partial charge on any atom is 0.343 e. The normalized spacial score (nSPS) is 10.8. The second kappa shape index (κ2) is 13.7. The Labute approximate surface area is 262 Å². The Balaban J connectivity index is 1.19. The minimum Gasteiger partial charge on any atom is -0.508 e. The summed E-state index contributed by atoms with van der Waals surface area (Å²) in [5, 5.41) is 15.4. The summed E-state index contributed by atoms with van der Waals surface area (Å²) in [6.07, 6.45) is 0. The third-order valence-corrected chi connectivity index (χ3v) is 7.41. The second-order valence-electron chi connectivity index (χ2n) is 11.1. The van der Waals surface area contributed by atoms with Crippen LogP contribution in [0.15, 0.2) is 115 Å². The molecule has 0 unspecified atom stereocenters. The molecular weight excluding hydrogens is 564 g/mol. The Morgan fingerprint density at radius 3 is 2.22 bits per heavy atom. The van der Waals surface area contributed by atoms with Crippen LogP contribution in [0.1, 0.15) is 67.5 Å². The van der Waals surface area contributed by atoms with E-state index < -0.39 is 5.97 Å². The SMILES string of the molecule is Cc1cc(C(=O)Nc2cccc(CNC(=O)c3cccc(-c4ccc(O)cc4)c3)c2)ccc1C(=O)Oc1cccc(C(C)C)c1. The molecule has 2 amide bonds. The van der Waals surface area contributed by atoms with Crippen LogP contribution >= 0.6 is 0 Å². The number of aromatic hydroxyl groups is 1. The van der Waals surface area contributed by atoms with Gasteiger partial charge in [0.15, 0.2) is 0 Å². The summed E-state index contributed by atoms with van der Waals surface area (Å²) in [7, 11) is 0. The number of phenolic OH excluding ortho intramolecular Hbond substituents is 1. The third-order valence-electron chi connectivity index (χ3n) is 7.41. The Kier molecular flexibility index (Phi) is 9.39. The van der Waals surface area contributed by atoms with Gasteiger partial charge >= 0.3 is 5.97 Å². The monoisotopic (exact) mass is 598 g/mol. The molecule has 0 aromatic heterocycles. The van der Waals surface area contributed by atoms with Crippen LogP contribution in [-0.2, 0) is 6.54 Å². The number of hydrogen-bond donors (Lipinski definition) is 3. The zero-order valence-corrected chi connectivity index (χ0v) is 25.3. The van der Waals surface area contributed by atoms with Gasteiger partial charge in [0.2, 0.25) is 0 Å². The summed E-state index contributed by atoms with van der Waals surface area (Å²) in [6, 6.07) is 33.6. The largest absolute Gasteiger partial charge is 0.508 e. The number of nitrogens with one attached hydrogen (secondary N) is 2. The van der Waals surface area contributed by atoms with E-state index in [2.05, 4.69) is 24.5 Å². The van der Waals surface area contributed by atoms with Crippen molar-refractivity contribution in [2.24, 2.45) is 0 Å². The summed E-state index contributed by atoms with van der Waals surface area (Å²) in [6.45, 7) is 6.18. The number of ether oxygens (including phenoxy) is 1. The van der Waals surface area contributed by atoms with E-state index in [0.717, 1.165) is 22.3 Å². The minimum absolute atomic E-state index is 0.181. The Morgan fingerprint density at radius 2 is 1.47 bits per heavy atom. The van der Waals surface area contributed by atoms with Crippen LogP contribution in [-0.4, -0.2) is 22.9 Å². The summed E-state index contributed by atoms with van der Waals surface area (Å²) in [5.41, 5.74) is 6.14. The molecule has 0 aliphatic heterocycles. The molecule has 5 rings (SSSR count). The molecule has 0 saturated heterocycles. The standard InChI is InChI=1S/C38H34N2O5/c1-24(2)28-8-6-12-34(22-28)45-38(44)35-18-15-31(19-25(35)3)37(43)40-32-11-4-7-26(20-32)23-39-36(42)30-10-5-9-29(21-30)27-13-16-33(41)17-14-27/h4-22,24,41H,23H2,1-3H3,(H,39,42)(H,40,43). The van der Waals surface area contributed by atoms with E-state index in [-0.39, 0.29) is 24.1 Å². The highest BCUT2D eigenvalue weighted by Crippen LogP contribution is 2.24. The molecule has 45 heavy (non-hydrogen) atoms. The molecule has 0 heterocycles. The predicted molar refractivity (Wildman–Crippen MR) is 176 cm³/mol. The molecule has 7 heteroatoms. The molecule has 0 spiro atoms. The van der Waals surface area contributed by atoms with Gasteiger partial charge in [0.1, 0.15) is 11.5 Å². The topological polar surface area (TPSA) is 105 Å². The molecule has 0 aliphatic rings. The first kappa shape index (κ1) is 30.8. The van der Waals surface area contributed by atoms with Gasteiger partial charge in [-0.25, -0.2) is 4.79 Å². The van der Waals surface area contributed by atoms with Crippen molar-refractivity contribution in [1.82, 2.24) is 5.32 Å². The van der Waals surface area contributed by atoms with E-state index in [4.69, 9.17) is 4.74 Å². The molecule has 7 nitrogen and oxygen atoms in total. The van der Waals surface area contributed by atoms with E-state index in [0.29, 0.717) is 39.6 Å². The van der Waals surface area contributed by atoms with Gasteiger partial charge in [-0.15, -0.1) is 0 Å². The summed E-state index contributed by atoms with van der Waals surface area (Å²) >= 11 is 0. The van der Waals surface area contributed by atoms with Gasteiger partial charge in [-0.3, -0.25) is 9.59 Å². The quantitative estimate of drug-likeness (QED) is 0.118. The van der Waals surface area contributed by atoms with Gasteiger partial charge in [0.25, 0.3) is 11.8 Å². The second-order valence-corrected chi connectivity index (χ2v) is 11.1. The van der Waals surface area contributed by atoms with Gasteiger partial charge in [-0.2, -0.15) is 0 Å². The maximum absolute atomic E-state index is 13.1.